The summed E-state index contributed by atoms with van der Waals surface area (Å²) in [4.78, 5) is 4.97. The van der Waals surface area contributed by atoms with Crippen LogP contribution in [-0.4, -0.2) is 44.3 Å². The molecule has 1 aliphatic carbocycles. The maximum Gasteiger partial charge on any atom is 0.124 e. The fourth-order valence-corrected chi connectivity index (χ4v) is 6.30. The minimum Gasteiger partial charge on any atom is -0.497 e. The summed E-state index contributed by atoms with van der Waals surface area (Å²) in [5.74, 6) is 2.42. The van der Waals surface area contributed by atoms with Crippen molar-refractivity contribution < 1.29 is 9.47 Å². The lowest BCUT2D eigenvalue weighted by molar-refractivity contribution is 0.102. The molecule has 5 nitrogen and oxygen atoms in total. The number of hydrogen-bond donors (Lipinski definition) is 0. The SMILES string of the molecule is COc1ccc2c(c1)C1CCC13N2CCc1c(CN(C)C)c2cc(OC)ccc2n13. The fraction of sp³-hybridized carbons (Fsp3) is 0.440. The lowest BCUT2D eigenvalue weighted by Gasteiger charge is -2.55. The third kappa shape index (κ3) is 2.11. The smallest absolute Gasteiger partial charge is 0.124 e. The molecule has 2 unspecified atom stereocenters. The Morgan fingerprint density at radius 1 is 1.07 bits per heavy atom. The Bertz CT molecular complexity index is 1160. The third-order valence-corrected chi connectivity index (χ3v) is 7.55. The average Bonchev–Trinajstić information content (AvgIpc) is 3.14. The fourth-order valence-electron chi connectivity index (χ4n) is 6.30. The summed E-state index contributed by atoms with van der Waals surface area (Å²) >= 11 is 0. The number of fused-ring (bicyclic) bond motifs is 6. The van der Waals surface area contributed by atoms with E-state index in [9.17, 15) is 0 Å². The Morgan fingerprint density at radius 3 is 2.53 bits per heavy atom. The van der Waals surface area contributed by atoms with Gasteiger partial charge in [0, 0.05) is 42.2 Å². The topological polar surface area (TPSA) is 29.9 Å². The molecule has 3 aromatic rings. The van der Waals surface area contributed by atoms with Crippen LogP contribution in [-0.2, 0) is 18.6 Å². The van der Waals surface area contributed by atoms with Crippen molar-refractivity contribution in [2.45, 2.75) is 37.4 Å². The van der Waals surface area contributed by atoms with Gasteiger partial charge in [-0.2, -0.15) is 0 Å². The molecule has 3 aliphatic rings. The Morgan fingerprint density at radius 2 is 1.83 bits per heavy atom. The molecule has 2 aromatic carbocycles. The second-order valence-corrected chi connectivity index (χ2v) is 9.18. The van der Waals surface area contributed by atoms with Crippen LogP contribution in [0.1, 0.15) is 35.6 Å². The first-order chi connectivity index (χ1) is 14.6. The Hall–Kier alpha value is -2.66. The molecule has 2 aliphatic heterocycles. The van der Waals surface area contributed by atoms with Crippen molar-refractivity contribution in [3.8, 4) is 11.5 Å². The van der Waals surface area contributed by atoms with Gasteiger partial charge in [0.05, 0.1) is 19.7 Å². The summed E-state index contributed by atoms with van der Waals surface area (Å²) in [7, 11) is 7.84. The lowest BCUT2D eigenvalue weighted by Crippen LogP contribution is -2.60. The quantitative estimate of drug-likeness (QED) is 0.649. The van der Waals surface area contributed by atoms with Gasteiger partial charge in [0.1, 0.15) is 17.2 Å². The molecule has 6 rings (SSSR count). The van der Waals surface area contributed by atoms with E-state index in [1.807, 2.05) is 0 Å². The third-order valence-electron chi connectivity index (χ3n) is 7.55. The molecule has 1 fully saturated rings. The maximum atomic E-state index is 5.59. The van der Waals surface area contributed by atoms with E-state index in [1.54, 1.807) is 14.2 Å². The number of aromatic nitrogens is 1. The van der Waals surface area contributed by atoms with Crippen molar-refractivity contribution in [3.05, 3.63) is 53.2 Å². The first-order valence-electron chi connectivity index (χ1n) is 10.9. The molecule has 0 amide bonds. The molecule has 0 bridgehead atoms. The highest BCUT2D eigenvalue weighted by Crippen LogP contribution is 2.64. The van der Waals surface area contributed by atoms with Crippen LogP contribution in [0.4, 0.5) is 5.69 Å². The van der Waals surface area contributed by atoms with Crippen molar-refractivity contribution >= 4 is 16.6 Å². The number of ether oxygens (including phenoxy) is 2. The first kappa shape index (κ1) is 18.1. The van der Waals surface area contributed by atoms with E-state index >= 15 is 0 Å². The normalized spacial score (nSPS) is 23.6. The van der Waals surface area contributed by atoms with Gasteiger partial charge in [0.15, 0.2) is 0 Å². The Labute approximate surface area is 177 Å². The van der Waals surface area contributed by atoms with Crippen molar-refractivity contribution in [3.63, 3.8) is 0 Å². The van der Waals surface area contributed by atoms with Crippen molar-refractivity contribution in [2.24, 2.45) is 0 Å². The molecule has 1 spiro atoms. The molecule has 2 atom stereocenters. The van der Waals surface area contributed by atoms with E-state index in [1.165, 1.54) is 46.3 Å². The van der Waals surface area contributed by atoms with Gasteiger partial charge >= 0.3 is 0 Å². The zero-order chi connectivity index (χ0) is 20.6. The summed E-state index contributed by atoms with van der Waals surface area (Å²) in [6, 6.07) is 13.3. The van der Waals surface area contributed by atoms with Gasteiger partial charge in [-0.1, -0.05) is 0 Å². The largest absolute Gasteiger partial charge is 0.497 e. The predicted octanol–water partition coefficient (Wildman–Crippen LogP) is 4.33. The van der Waals surface area contributed by atoms with Gasteiger partial charge in [-0.05, 0) is 74.5 Å². The lowest BCUT2D eigenvalue weighted by atomic mass is 9.70. The minimum atomic E-state index is 0.0275. The monoisotopic (exact) mass is 403 g/mol. The molecule has 1 aromatic heterocycles. The van der Waals surface area contributed by atoms with Crippen molar-refractivity contribution in [1.82, 2.24) is 9.47 Å². The average molecular weight is 404 g/mol. The highest BCUT2D eigenvalue weighted by Gasteiger charge is 2.61. The number of hydrogen-bond acceptors (Lipinski definition) is 4. The van der Waals surface area contributed by atoms with Crippen LogP contribution in [0, 0.1) is 0 Å². The van der Waals surface area contributed by atoms with Crippen molar-refractivity contribution in [2.75, 3.05) is 39.8 Å². The number of methoxy groups -OCH3 is 2. The first-order valence-corrected chi connectivity index (χ1v) is 10.9. The van der Waals surface area contributed by atoms with E-state index in [0.29, 0.717) is 5.92 Å². The van der Waals surface area contributed by atoms with Crippen LogP contribution in [0.2, 0.25) is 0 Å². The highest BCUT2D eigenvalue weighted by atomic mass is 16.5. The van der Waals surface area contributed by atoms with Crippen LogP contribution in [0.3, 0.4) is 0 Å². The molecule has 0 radical (unpaired) electrons. The van der Waals surface area contributed by atoms with Crippen molar-refractivity contribution in [1.29, 1.82) is 0 Å². The van der Waals surface area contributed by atoms with Gasteiger partial charge in [-0.3, -0.25) is 0 Å². The number of nitrogens with zero attached hydrogens (tertiary/aromatic N) is 3. The zero-order valence-electron chi connectivity index (χ0n) is 18.2. The second-order valence-electron chi connectivity index (χ2n) is 9.18. The van der Waals surface area contributed by atoms with E-state index in [0.717, 1.165) is 31.0 Å². The van der Waals surface area contributed by atoms with Gasteiger partial charge in [-0.15, -0.1) is 0 Å². The van der Waals surface area contributed by atoms with E-state index in [-0.39, 0.29) is 5.66 Å². The van der Waals surface area contributed by atoms with Gasteiger partial charge in [-0.25, -0.2) is 0 Å². The minimum absolute atomic E-state index is 0.0275. The zero-order valence-corrected chi connectivity index (χ0v) is 18.2. The van der Waals surface area contributed by atoms with E-state index < -0.39 is 0 Å². The summed E-state index contributed by atoms with van der Waals surface area (Å²) < 4.78 is 13.9. The molecule has 1 saturated carbocycles. The highest BCUT2D eigenvalue weighted by molar-refractivity contribution is 5.88. The van der Waals surface area contributed by atoms with Gasteiger partial charge in [0.25, 0.3) is 0 Å². The summed E-state index contributed by atoms with van der Waals surface area (Å²) in [5.41, 5.74) is 7.19. The number of anilines is 1. The van der Waals surface area contributed by atoms with E-state index in [2.05, 4.69) is 64.9 Å². The molecule has 0 saturated heterocycles. The van der Waals surface area contributed by atoms with E-state index in [4.69, 9.17) is 9.47 Å². The van der Waals surface area contributed by atoms with Crippen LogP contribution >= 0.6 is 0 Å². The second kappa shape index (κ2) is 6.17. The van der Waals surface area contributed by atoms with Crippen LogP contribution in [0.15, 0.2) is 36.4 Å². The van der Waals surface area contributed by atoms with Gasteiger partial charge < -0.3 is 23.8 Å². The molecule has 0 N–H and O–H groups in total. The van der Waals surface area contributed by atoms with Crippen LogP contribution in [0.25, 0.3) is 10.9 Å². The molecule has 30 heavy (non-hydrogen) atoms. The van der Waals surface area contributed by atoms with Gasteiger partial charge in [0.2, 0.25) is 0 Å². The van der Waals surface area contributed by atoms with Crippen LogP contribution in [0.5, 0.6) is 11.5 Å². The van der Waals surface area contributed by atoms with Crippen LogP contribution < -0.4 is 14.4 Å². The number of benzene rings is 2. The Balaban J connectivity index is 1.61. The standard InChI is InChI=1S/C25H29N3O2/c1-26(2)15-20-18-13-16(29-3)6-8-23(18)28-24(20)10-12-27-22-7-5-17(30-4)14-19(22)21-9-11-25(21,27)28/h5-8,13-14,21H,9-12,15H2,1-4H3. The molecule has 5 heteroatoms. The predicted molar refractivity (Wildman–Crippen MR) is 120 cm³/mol. The summed E-state index contributed by atoms with van der Waals surface area (Å²) in [5, 5.41) is 1.34. The molecular weight excluding hydrogens is 374 g/mol. The Kier molecular flexibility index (Phi) is 3.73. The maximum absolute atomic E-state index is 5.59. The summed E-state index contributed by atoms with van der Waals surface area (Å²) in [6.07, 6.45) is 3.49. The number of rotatable bonds is 4. The molecule has 3 heterocycles. The molecule has 156 valence electrons. The summed E-state index contributed by atoms with van der Waals surface area (Å²) in [6.45, 7) is 2.03. The molecular formula is C25H29N3O2.